The van der Waals surface area contributed by atoms with Crippen molar-refractivity contribution in [3.8, 4) is 0 Å². The highest BCUT2D eigenvalue weighted by Gasteiger charge is 2.48. The van der Waals surface area contributed by atoms with Crippen molar-refractivity contribution >= 4 is 5.97 Å². The summed E-state index contributed by atoms with van der Waals surface area (Å²) in [7, 11) is 1.96. The minimum absolute atomic E-state index is 0. The zero-order valence-corrected chi connectivity index (χ0v) is 8.18. The van der Waals surface area contributed by atoms with Crippen LogP contribution in [0.3, 0.4) is 0 Å². The fraction of sp³-hybridized carbons (Fsp3) is 0.889. The van der Waals surface area contributed by atoms with E-state index in [1.807, 2.05) is 7.05 Å². The van der Waals surface area contributed by atoms with Crippen molar-refractivity contribution in [1.82, 2.24) is 4.90 Å². The van der Waals surface area contributed by atoms with Gasteiger partial charge in [0.05, 0.1) is 12.0 Å². The fourth-order valence-corrected chi connectivity index (χ4v) is 2.77. The predicted molar refractivity (Wildman–Crippen MR) is 49.9 cm³/mol. The Hall–Kier alpha value is -0.650. The molecule has 2 fully saturated rings. The first-order valence-electron chi connectivity index (χ1n) is 4.74. The van der Waals surface area contributed by atoms with E-state index in [1.54, 1.807) is 0 Å². The SMILES string of the molecule is CN1[C@H]2CC[C@@H]1[C@@H](C(=O)O)[C@@H](O)C2.O. The minimum Gasteiger partial charge on any atom is -0.481 e. The largest absolute Gasteiger partial charge is 0.481 e. The van der Waals surface area contributed by atoms with Crippen LogP contribution in [0, 0.1) is 5.92 Å². The van der Waals surface area contributed by atoms with Crippen LogP contribution in [0.1, 0.15) is 19.3 Å². The molecule has 82 valence electrons. The fourth-order valence-electron chi connectivity index (χ4n) is 2.77. The molecule has 5 nitrogen and oxygen atoms in total. The van der Waals surface area contributed by atoms with E-state index < -0.39 is 18.0 Å². The zero-order chi connectivity index (χ0) is 9.59. The van der Waals surface area contributed by atoms with Crippen molar-refractivity contribution in [2.24, 2.45) is 5.92 Å². The average molecular weight is 203 g/mol. The van der Waals surface area contributed by atoms with Crippen molar-refractivity contribution in [2.45, 2.75) is 37.5 Å². The quantitative estimate of drug-likeness (QED) is 0.577. The molecule has 5 heteroatoms. The lowest BCUT2D eigenvalue weighted by atomic mass is 9.88. The Morgan fingerprint density at radius 3 is 2.64 bits per heavy atom. The maximum atomic E-state index is 10.9. The van der Waals surface area contributed by atoms with Gasteiger partial charge in [0, 0.05) is 12.1 Å². The molecule has 4 N–H and O–H groups in total. The number of carboxylic acids is 1. The molecular weight excluding hydrogens is 186 g/mol. The highest BCUT2D eigenvalue weighted by atomic mass is 16.4. The first kappa shape index (κ1) is 11.4. The van der Waals surface area contributed by atoms with E-state index in [-0.39, 0.29) is 11.5 Å². The molecular formula is C9H17NO4. The topological polar surface area (TPSA) is 92.3 Å². The molecule has 0 radical (unpaired) electrons. The number of fused-ring (bicyclic) bond motifs is 2. The standard InChI is InChI=1S/C9H15NO3.H2O/c1-10-5-2-3-6(10)8(9(12)13)7(11)4-5;/h5-8,11H,2-4H2,1H3,(H,12,13);1H2/t5-,6+,7-,8+;/m0./s1. The van der Waals surface area contributed by atoms with E-state index in [1.165, 1.54) is 0 Å². The van der Waals surface area contributed by atoms with Crippen LogP contribution in [-0.2, 0) is 4.79 Å². The molecule has 0 saturated carbocycles. The van der Waals surface area contributed by atoms with Crippen molar-refractivity contribution in [2.75, 3.05) is 7.05 Å². The highest BCUT2D eigenvalue weighted by molar-refractivity contribution is 5.72. The van der Waals surface area contributed by atoms with Gasteiger partial charge in [-0.15, -0.1) is 0 Å². The van der Waals surface area contributed by atoms with E-state index >= 15 is 0 Å². The summed E-state index contributed by atoms with van der Waals surface area (Å²) >= 11 is 0. The van der Waals surface area contributed by atoms with Crippen molar-refractivity contribution in [3.63, 3.8) is 0 Å². The minimum atomic E-state index is -0.857. The number of nitrogens with zero attached hydrogens (tertiary/aromatic N) is 1. The lowest BCUT2D eigenvalue weighted by Gasteiger charge is -2.38. The summed E-state index contributed by atoms with van der Waals surface area (Å²) in [5, 5.41) is 18.6. The second kappa shape index (κ2) is 3.84. The third-order valence-corrected chi connectivity index (χ3v) is 3.52. The maximum Gasteiger partial charge on any atom is 0.310 e. The van der Waals surface area contributed by atoms with Crippen LogP contribution in [0.4, 0.5) is 0 Å². The molecule has 0 aromatic carbocycles. The molecule has 2 bridgehead atoms. The molecule has 2 aliphatic rings. The van der Waals surface area contributed by atoms with Crippen LogP contribution >= 0.6 is 0 Å². The zero-order valence-electron chi connectivity index (χ0n) is 8.18. The molecule has 0 amide bonds. The van der Waals surface area contributed by atoms with E-state index in [9.17, 15) is 9.90 Å². The molecule has 0 spiro atoms. The third kappa shape index (κ3) is 1.51. The van der Waals surface area contributed by atoms with Crippen molar-refractivity contribution in [3.05, 3.63) is 0 Å². The first-order valence-corrected chi connectivity index (χ1v) is 4.74. The summed E-state index contributed by atoms with van der Waals surface area (Å²) in [6.45, 7) is 0. The van der Waals surface area contributed by atoms with Crippen LogP contribution in [0.5, 0.6) is 0 Å². The van der Waals surface area contributed by atoms with Crippen LogP contribution < -0.4 is 0 Å². The van der Waals surface area contributed by atoms with Gasteiger partial charge in [-0.2, -0.15) is 0 Å². The summed E-state index contributed by atoms with van der Waals surface area (Å²) in [5.41, 5.74) is 0. The Balaban J connectivity index is 0.000000980. The van der Waals surface area contributed by atoms with E-state index in [0.717, 1.165) is 12.8 Å². The first-order chi connectivity index (χ1) is 6.11. The molecule has 0 unspecified atom stereocenters. The summed E-state index contributed by atoms with van der Waals surface area (Å²) in [4.78, 5) is 13.0. The number of carboxylic acid groups (broad SMARTS) is 1. The Kier molecular flexibility index (Phi) is 3.14. The smallest absolute Gasteiger partial charge is 0.310 e. The van der Waals surface area contributed by atoms with Crippen molar-refractivity contribution in [1.29, 1.82) is 0 Å². The van der Waals surface area contributed by atoms with E-state index in [0.29, 0.717) is 12.5 Å². The van der Waals surface area contributed by atoms with Gasteiger partial charge in [-0.05, 0) is 26.3 Å². The van der Waals surface area contributed by atoms with Gasteiger partial charge in [-0.1, -0.05) is 0 Å². The molecule has 14 heavy (non-hydrogen) atoms. The molecule has 2 rings (SSSR count). The third-order valence-electron chi connectivity index (χ3n) is 3.52. The van der Waals surface area contributed by atoms with Crippen LogP contribution in [0.2, 0.25) is 0 Å². The second-order valence-electron chi connectivity index (χ2n) is 4.13. The van der Waals surface area contributed by atoms with Gasteiger partial charge in [-0.3, -0.25) is 9.69 Å². The molecule has 2 heterocycles. The molecule has 0 aromatic rings. The van der Waals surface area contributed by atoms with Gasteiger partial charge in [0.15, 0.2) is 0 Å². The summed E-state index contributed by atoms with van der Waals surface area (Å²) in [6.07, 6.45) is 1.91. The summed E-state index contributed by atoms with van der Waals surface area (Å²) in [5.74, 6) is -1.44. The van der Waals surface area contributed by atoms with Gasteiger partial charge >= 0.3 is 5.97 Å². The number of aliphatic carboxylic acids is 1. The Bertz CT molecular complexity index is 233. The Morgan fingerprint density at radius 1 is 1.43 bits per heavy atom. The molecule has 2 aliphatic heterocycles. The van der Waals surface area contributed by atoms with Gasteiger partial charge in [0.25, 0.3) is 0 Å². The second-order valence-corrected chi connectivity index (χ2v) is 4.13. The van der Waals surface area contributed by atoms with E-state index in [2.05, 4.69) is 4.90 Å². The Morgan fingerprint density at radius 2 is 2.07 bits per heavy atom. The van der Waals surface area contributed by atoms with Gasteiger partial charge < -0.3 is 15.7 Å². The number of aliphatic hydroxyl groups excluding tert-OH is 1. The Labute approximate surface area is 82.6 Å². The highest BCUT2D eigenvalue weighted by Crippen LogP contribution is 2.38. The number of carbonyl (C=O) groups is 1. The number of piperidine rings is 1. The molecule has 0 aromatic heterocycles. The van der Waals surface area contributed by atoms with Gasteiger partial charge in [0.2, 0.25) is 0 Å². The number of rotatable bonds is 1. The molecule has 2 saturated heterocycles. The van der Waals surface area contributed by atoms with Crippen LogP contribution in [0.15, 0.2) is 0 Å². The summed E-state index contributed by atoms with van der Waals surface area (Å²) in [6, 6.07) is 0.446. The molecule has 4 atom stereocenters. The summed E-state index contributed by atoms with van der Waals surface area (Å²) < 4.78 is 0. The lowest BCUT2D eigenvalue weighted by Crippen LogP contribution is -2.51. The van der Waals surface area contributed by atoms with Crippen LogP contribution in [-0.4, -0.2) is 51.8 Å². The monoisotopic (exact) mass is 203 g/mol. The lowest BCUT2D eigenvalue weighted by molar-refractivity contribution is -0.151. The predicted octanol–water partition coefficient (Wildman–Crippen LogP) is -0.910. The number of hydrogen-bond acceptors (Lipinski definition) is 3. The number of aliphatic hydroxyl groups is 1. The van der Waals surface area contributed by atoms with Crippen molar-refractivity contribution < 1.29 is 20.5 Å². The van der Waals surface area contributed by atoms with Gasteiger partial charge in [0.1, 0.15) is 0 Å². The maximum absolute atomic E-state index is 10.9. The van der Waals surface area contributed by atoms with Crippen LogP contribution in [0.25, 0.3) is 0 Å². The normalized spacial score (nSPS) is 41.9. The number of hydrogen-bond donors (Lipinski definition) is 2. The van der Waals surface area contributed by atoms with Gasteiger partial charge in [-0.25, -0.2) is 0 Å². The average Bonchev–Trinajstić information content (AvgIpc) is 2.34. The van der Waals surface area contributed by atoms with E-state index in [4.69, 9.17) is 5.11 Å². The molecule has 0 aliphatic carbocycles.